The Morgan fingerprint density at radius 2 is 1.77 bits per heavy atom. The zero-order valence-corrected chi connectivity index (χ0v) is 10.4. The predicted molar refractivity (Wildman–Crippen MR) is 49.8 cm³/mol. The minimum absolute atomic E-state index is 0. The van der Waals surface area contributed by atoms with Crippen LogP contribution in [0.4, 0.5) is 0 Å². The Hall–Kier alpha value is 0.360. The molecule has 0 aliphatic carbocycles. The molecule has 13 heavy (non-hydrogen) atoms. The van der Waals surface area contributed by atoms with Gasteiger partial charge in [0.25, 0.3) is 0 Å². The van der Waals surface area contributed by atoms with E-state index in [4.69, 9.17) is 0 Å². The number of piperazine rings is 1. The molecule has 3 nitrogen and oxygen atoms in total. The van der Waals surface area contributed by atoms with E-state index in [-0.39, 0.29) is 17.0 Å². The van der Waals surface area contributed by atoms with Gasteiger partial charge in [-0.15, -0.1) is 0 Å². The predicted octanol–water partition coefficient (Wildman–Crippen LogP) is -3.35. The van der Waals surface area contributed by atoms with Gasteiger partial charge in [0.2, 0.25) is 0 Å². The molecule has 2 heterocycles. The number of quaternary nitrogens is 1. The number of nitrogens with zero attached hydrogens (tertiary/aromatic N) is 3. The molecule has 0 aromatic heterocycles. The van der Waals surface area contributed by atoms with Crippen LogP contribution in [-0.2, 0) is 0 Å². The average molecular weight is 250 g/mol. The van der Waals surface area contributed by atoms with Crippen molar-refractivity contribution >= 4 is 0 Å². The summed E-state index contributed by atoms with van der Waals surface area (Å²) in [5.41, 5.74) is 0. The lowest BCUT2D eigenvalue weighted by atomic mass is 10.2. The van der Waals surface area contributed by atoms with Gasteiger partial charge in [0.05, 0.1) is 33.2 Å². The summed E-state index contributed by atoms with van der Waals surface area (Å²) < 4.78 is 1.28. The lowest BCUT2D eigenvalue weighted by Gasteiger charge is -2.44. The van der Waals surface area contributed by atoms with Crippen LogP contribution in [0.15, 0.2) is 0 Å². The first-order valence-corrected chi connectivity index (χ1v) is 4.85. The molecule has 0 aromatic rings. The van der Waals surface area contributed by atoms with E-state index in [1.807, 2.05) is 0 Å². The zero-order chi connectivity index (χ0) is 8.77. The Labute approximate surface area is 91.6 Å². The van der Waals surface area contributed by atoms with Crippen LogP contribution in [0.25, 0.3) is 0 Å². The van der Waals surface area contributed by atoms with Gasteiger partial charge >= 0.3 is 0 Å². The molecule has 0 N–H and O–H groups in total. The quantitative estimate of drug-likeness (QED) is 0.415. The van der Waals surface area contributed by atoms with Crippen molar-refractivity contribution in [3.8, 4) is 0 Å². The van der Waals surface area contributed by atoms with Crippen LogP contribution in [0.2, 0.25) is 0 Å². The molecule has 2 unspecified atom stereocenters. The highest BCUT2D eigenvalue weighted by Gasteiger charge is 2.44. The van der Waals surface area contributed by atoms with E-state index in [0.29, 0.717) is 0 Å². The summed E-state index contributed by atoms with van der Waals surface area (Å²) in [6, 6.07) is 0. The lowest BCUT2D eigenvalue weighted by Crippen LogP contribution is -3.00. The van der Waals surface area contributed by atoms with Crippen molar-refractivity contribution in [3.05, 3.63) is 0 Å². The smallest absolute Gasteiger partial charge is 0.158 e. The highest BCUT2D eigenvalue weighted by Crippen LogP contribution is 2.24. The molecule has 0 saturated carbocycles. The first-order valence-electron chi connectivity index (χ1n) is 4.85. The lowest BCUT2D eigenvalue weighted by molar-refractivity contribution is -0.930. The summed E-state index contributed by atoms with van der Waals surface area (Å²) in [6.45, 7) is 6.45. The van der Waals surface area contributed by atoms with E-state index in [1.165, 1.54) is 37.2 Å². The van der Waals surface area contributed by atoms with Crippen molar-refractivity contribution in [2.45, 2.75) is 6.17 Å². The SMILES string of the molecule is CN1CC[N+]2(C)CCN(C)C2C1.[Br-]. The summed E-state index contributed by atoms with van der Waals surface area (Å²) in [7, 11) is 6.89. The van der Waals surface area contributed by atoms with Crippen molar-refractivity contribution < 1.29 is 21.5 Å². The number of likely N-dealkylation sites (N-methyl/N-ethyl adjacent to an activating group) is 3. The molecule has 0 spiro atoms. The minimum atomic E-state index is 0. The summed E-state index contributed by atoms with van der Waals surface area (Å²) in [5.74, 6) is 0. The molecule has 4 heteroatoms. The maximum Gasteiger partial charge on any atom is 0.158 e. The Morgan fingerprint density at radius 1 is 1.15 bits per heavy atom. The van der Waals surface area contributed by atoms with Crippen molar-refractivity contribution in [2.75, 3.05) is 53.9 Å². The highest BCUT2D eigenvalue weighted by molar-refractivity contribution is 4.75. The van der Waals surface area contributed by atoms with Crippen molar-refractivity contribution in [3.63, 3.8) is 0 Å². The molecule has 2 aliphatic heterocycles. The zero-order valence-electron chi connectivity index (χ0n) is 8.83. The van der Waals surface area contributed by atoms with E-state index in [1.54, 1.807) is 0 Å². The molecular formula is C9H20BrN3. The van der Waals surface area contributed by atoms with Crippen LogP contribution in [0.3, 0.4) is 0 Å². The number of hydrogen-bond donors (Lipinski definition) is 0. The van der Waals surface area contributed by atoms with Crippen LogP contribution in [0, 0.1) is 0 Å². The number of hydrogen-bond acceptors (Lipinski definition) is 2. The standard InChI is InChI=1S/C9H20N3.BrH/c1-10-4-6-12(3)7-5-11(2)9(12)8-10;/h9H,4-8H2,1-3H3;1H/q+1;/p-1. The molecule has 0 amide bonds. The Morgan fingerprint density at radius 3 is 2.46 bits per heavy atom. The average Bonchev–Trinajstić information content (AvgIpc) is 2.31. The number of fused-ring (bicyclic) bond motifs is 1. The third kappa shape index (κ3) is 1.91. The Bertz CT molecular complexity index is 188. The second-order valence-electron chi connectivity index (χ2n) is 4.65. The summed E-state index contributed by atoms with van der Waals surface area (Å²) in [4.78, 5) is 4.96. The van der Waals surface area contributed by atoms with Gasteiger partial charge in [0.1, 0.15) is 0 Å². The summed E-state index contributed by atoms with van der Waals surface area (Å²) >= 11 is 0. The first kappa shape index (κ1) is 11.4. The maximum absolute atomic E-state index is 2.51. The third-order valence-corrected chi connectivity index (χ3v) is 3.66. The molecule has 2 aliphatic rings. The fourth-order valence-electron chi connectivity index (χ4n) is 2.53. The topological polar surface area (TPSA) is 6.48 Å². The fraction of sp³-hybridized carbons (Fsp3) is 1.00. The molecule has 78 valence electrons. The van der Waals surface area contributed by atoms with Gasteiger partial charge < -0.3 is 21.5 Å². The van der Waals surface area contributed by atoms with Crippen LogP contribution in [0.1, 0.15) is 0 Å². The monoisotopic (exact) mass is 249 g/mol. The second-order valence-corrected chi connectivity index (χ2v) is 4.65. The maximum atomic E-state index is 2.51. The molecule has 0 aromatic carbocycles. The molecule has 2 saturated heterocycles. The second kappa shape index (κ2) is 3.85. The van der Waals surface area contributed by atoms with E-state index < -0.39 is 0 Å². The van der Waals surface area contributed by atoms with Crippen LogP contribution < -0.4 is 17.0 Å². The van der Waals surface area contributed by atoms with E-state index in [0.717, 1.165) is 6.17 Å². The van der Waals surface area contributed by atoms with Gasteiger partial charge in [-0.3, -0.25) is 9.80 Å². The molecule has 0 bridgehead atoms. The summed E-state index contributed by atoms with van der Waals surface area (Å²) in [5, 5.41) is 0. The van der Waals surface area contributed by atoms with Gasteiger partial charge in [-0.05, 0) is 14.1 Å². The van der Waals surface area contributed by atoms with Gasteiger partial charge in [-0.1, -0.05) is 0 Å². The van der Waals surface area contributed by atoms with Crippen molar-refractivity contribution in [2.24, 2.45) is 0 Å². The van der Waals surface area contributed by atoms with E-state index >= 15 is 0 Å². The van der Waals surface area contributed by atoms with Crippen LogP contribution in [-0.4, -0.2) is 74.3 Å². The molecule has 0 radical (unpaired) electrons. The number of rotatable bonds is 0. The fourth-order valence-corrected chi connectivity index (χ4v) is 2.53. The molecule has 2 rings (SSSR count). The van der Waals surface area contributed by atoms with Crippen molar-refractivity contribution in [1.29, 1.82) is 0 Å². The summed E-state index contributed by atoms with van der Waals surface area (Å²) in [6.07, 6.45) is 0.753. The normalized spacial score (nSPS) is 41.3. The Kier molecular flexibility index (Phi) is 3.38. The largest absolute Gasteiger partial charge is 1.00 e. The van der Waals surface area contributed by atoms with Crippen LogP contribution >= 0.6 is 0 Å². The highest BCUT2D eigenvalue weighted by atomic mass is 79.9. The van der Waals surface area contributed by atoms with Gasteiger partial charge in [0, 0.05) is 6.54 Å². The molecule has 2 fully saturated rings. The van der Waals surface area contributed by atoms with Gasteiger partial charge in [-0.2, -0.15) is 0 Å². The molecule has 2 atom stereocenters. The Balaban J connectivity index is 0.000000845. The van der Waals surface area contributed by atoms with Crippen molar-refractivity contribution in [1.82, 2.24) is 9.80 Å². The van der Waals surface area contributed by atoms with Gasteiger partial charge in [-0.25, -0.2) is 0 Å². The number of halogens is 1. The van der Waals surface area contributed by atoms with E-state index in [2.05, 4.69) is 30.9 Å². The molecular weight excluding hydrogens is 230 g/mol. The minimum Gasteiger partial charge on any atom is -1.00 e. The van der Waals surface area contributed by atoms with Gasteiger partial charge in [0.15, 0.2) is 6.17 Å². The van der Waals surface area contributed by atoms with Crippen LogP contribution in [0.5, 0.6) is 0 Å². The van der Waals surface area contributed by atoms with E-state index in [9.17, 15) is 0 Å². The first-order chi connectivity index (χ1) is 5.62. The third-order valence-electron chi connectivity index (χ3n) is 3.66.